The van der Waals surface area contributed by atoms with Gasteiger partial charge in [-0.15, -0.1) is 0 Å². The molecule has 5 rings (SSSR count). The van der Waals surface area contributed by atoms with Crippen molar-refractivity contribution in [3.8, 4) is 11.5 Å². The average molecular weight is 517 g/mol. The van der Waals surface area contributed by atoms with E-state index in [0.29, 0.717) is 45.4 Å². The molecule has 1 aromatic heterocycles. The standard InChI is InChI=1S/C25H26Cl2N4O4/c1-34-22-11-18-21(28-13-29-24(18)30-15-2-5-19(26)20(27)10-15)12-23(22)35-7-6-14-8-16-3-4-17(9-14)31(16)25(32)33/h2,5,10-14,16-17H,3-4,6-9H2,1H3,(H,32,33)(H,28,29,30)/t14-,16+,17-. The van der Waals surface area contributed by atoms with E-state index in [1.807, 2.05) is 18.2 Å². The van der Waals surface area contributed by atoms with Crippen molar-refractivity contribution in [3.63, 3.8) is 0 Å². The van der Waals surface area contributed by atoms with Gasteiger partial charge >= 0.3 is 6.09 Å². The number of methoxy groups -OCH3 is 1. The maximum Gasteiger partial charge on any atom is 0.407 e. The van der Waals surface area contributed by atoms with E-state index in [2.05, 4.69) is 15.3 Å². The molecule has 35 heavy (non-hydrogen) atoms. The molecule has 10 heteroatoms. The number of benzene rings is 2. The molecule has 3 aromatic rings. The zero-order valence-corrected chi connectivity index (χ0v) is 20.7. The first kappa shape index (κ1) is 23.8. The maximum absolute atomic E-state index is 11.5. The number of piperidine rings is 1. The van der Waals surface area contributed by atoms with Crippen LogP contribution in [0.4, 0.5) is 16.3 Å². The fourth-order valence-electron chi connectivity index (χ4n) is 5.32. The van der Waals surface area contributed by atoms with Gasteiger partial charge in [0, 0.05) is 29.2 Å². The molecule has 2 fully saturated rings. The van der Waals surface area contributed by atoms with E-state index in [-0.39, 0.29) is 12.1 Å². The van der Waals surface area contributed by atoms with Crippen LogP contribution < -0.4 is 14.8 Å². The van der Waals surface area contributed by atoms with Crippen molar-refractivity contribution in [1.29, 1.82) is 0 Å². The van der Waals surface area contributed by atoms with Gasteiger partial charge in [0.05, 0.1) is 29.3 Å². The minimum absolute atomic E-state index is 0.143. The Balaban J connectivity index is 1.28. The largest absolute Gasteiger partial charge is 0.493 e. The van der Waals surface area contributed by atoms with E-state index in [4.69, 9.17) is 32.7 Å². The third kappa shape index (κ3) is 4.90. The zero-order valence-electron chi connectivity index (χ0n) is 19.2. The highest BCUT2D eigenvalue weighted by Gasteiger charge is 2.43. The topological polar surface area (TPSA) is 96.8 Å². The van der Waals surface area contributed by atoms with Gasteiger partial charge in [0.2, 0.25) is 0 Å². The molecule has 2 aliphatic heterocycles. The van der Waals surface area contributed by atoms with Crippen LogP contribution in [0.15, 0.2) is 36.7 Å². The van der Waals surface area contributed by atoms with Crippen LogP contribution >= 0.6 is 23.2 Å². The van der Waals surface area contributed by atoms with E-state index in [9.17, 15) is 9.90 Å². The van der Waals surface area contributed by atoms with Gasteiger partial charge in [0.1, 0.15) is 12.1 Å². The first-order valence-corrected chi connectivity index (χ1v) is 12.4. The number of carboxylic acid groups (broad SMARTS) is 1. The Morgan fingerprint density at radius 2 is 1.89 bits per heavy atom. The molecule has 8 nitrogen and oxygen atoms in total. The molecule has 0 saturated carbocycles. The molecule has 3 atom stereocenters. The van der Waals surface area contributed by atoms with Crippen molar-refractivity contribution in [2.24, 2.45) is 5.92 Å². The second kappa shape index (κ2) is 9.95. The first-order valence-electron chi connectivity index (χ1n) is 11.6. The highest BCUT2D eigenvalue weighted by atomic mass is 35.5. The van der Waals surface area contributed by atoms with Crippen LogP contribution in [0.5, 0.6) is 11.5 Å². The Morgan fingerprint density at radius 3 is 2.57 bits per heavy atom. The second-order valence-electron chi connectivity index (χ2n) is 9.05. The van der Waals surface area contributed by atoms with Gasteiger partial charge in [-0.05, 0) is 62.3 Å². The molecule has 184 valence electrons. The van der Waals surface area contributed by atoms with Crippen LogP contribution in [0.2, 0.25) is 10.0 Å². The predicted molar refractivity (Wildman–Crippen MR) is 135 cm³/mol. The SMILES string of the molecule is COc1cc2c(Nc3ccc(Cl)c(Cl)c3)ncnc2cc1OCC[C@H]1C[C@H]2CC[C@@H](C1)N2C(=O)O. The number of fused-ring (bicyclic) bond motifs is 3. The molecule has 1 amide bonds. The van der Waals surface area contributed by atoms with Gasteiger partial charge in [-0.25, -0.2) is 14.8 Å². The summed E-state index contributed by atoms with van der Waals surface area (Å²) in [4.78, 5) is 22.0. The number of nitrogens with one attached hydrogen (secondary N) is 1. The summed E-state index contributed by atoms with van der Waals surface area (Å²) in [5.41, 5.74) is 1.47. The summed E-state index contributed by atoms with van der Waals surface area (Å²) in [6.45, 7) is 0.526. The van der Waals surface area contributed by atoms with Crippen LogP contribution in [-0.2, 0) is 0 Å². The Kier molecular flexibility index (Phi) is 6.75. The molecular weight excluding hydrogens is 491 g/mol. The monoisotopic (exact) mass is 516 g/mol. The third-order valence-corrected chi connectivity index (χ3v) is 7.68. The number of nitrogens with zero attached hydrogens (tertiary/aromatic N) is 3. The normalized spacial score (nSPS) is 21.2. The number of amides is 1. The van der Waals surface area contributed by atoms with Crippen molar-refractivity contribution < 1.29 is 19.4 Å². The minimum Gasteiger partial charge on any atom is -0.493 e. The number of carbonyl (C=O) groups is 1. The summed E-state index contributed by atoms with van der Waals surface area (Å²) in [5, 5.41) is 14.4. The lowest BCUT2D eigenvalue weighted by atomic mass is 9.89. The summed E-state index contributed by atoms with van der Waals surface area (Å²) in [6, 6.07) is 9.28. The minimum atomic E-state index is -0.789. The fraction of sp³-hybridized carbons (Fsp3) is 0.400. The Labute approximate surface area is 213 Å². The summed E-state index contributed by atoms with van der Waals surface area (Å²) in [5.74, 6) is 2.27. The molecule has 0 unspecified atom stereocenters. The van der Waals surface area contributed by atoms with Gasteiger partial charge in [-0.1, -0.05) is 23.2 Å². The second-order valence-corrected chi connectivity index (χ2v) is 9.86. The highest BCUT2D eigenvalue weighted by molar-refractivity contribution is 6.42. The van der Waals surface area contributed by atoms with E-state index < -0.39 is 6.09 Å². The number of aromatic nitrogens is 2. The van der Waals surface area contributed by atoms with E-state index in [1.165, 1.54) is 6.33 Å². The third-order valence-electron chi connectivity index (χ3n) is 6.94. The van der Waals surface area contributed by atoms with Crippen molar-refractivity contribution in [3.05, 3.63) is 46.7 Å². The number of ether oxygens (including phenoxy) is 2. The van der Waals surface area contributed by atoms with Crippen LogP contribution in [0.1, 0.15) is 32.1 Å². The van der Waals surface area contributed by atoms with Crippen molar-refractivity contribution in [2.45, 2.75) is 44.2 Å². The fourth-order valence-corrected chi connectivity index (χ4v) is 5.62. The summed E-state index contributed by atoms with van der Waals surface area (Å²) in [6.07, 6.45) is 5.30. The highest BCUT2D eigenvalue weighted by Crippen LogP contribution is 2.40. The number of hydrogen-bond acceptors (Lipinski definition) is 6. The lowest BCUT2D eigenvalue weighted by molar-refractivity contribution is 0.0794. The van der Waals surface area contributed by atoms with Crippen molar-refractivity contribution in [2.75, 3.05) is 19.0 Å². The lowest BCUT2D eigenvalue weighted by Crippen LogP contribution is -2.46. The molecule has 0 aliphatic carbocycles. The number of halogens is 2. The summed E-state index contributed by atoms with van der Waals surface area (Å²) >= 11 is 12.2. The number of anilines is 2. The van der Waals surface area contributed by atoms with Gasteiger partial charge in [-0.3, -0.25) is 0 Å². The molecule has 0 radical (unpaired) electrons. The molecule has 0 spiro atoms. The average Bonchev–Trinajstić information content (AvgIpc) is 3.12. The van der Waals surface area contributed by atoms with Crippen LogP contribution in [0, 0.1) is 5.92 Å². The Bertz CT molecular complexity index is 1240. The number of hydrogen-bond donors (Lipinski definition) is 2. The quantitative estimate of drug-likeness (QED) is 0.376. The van der Waals surface area contributed by atoms with Gasteiger partial charge < -0.3 is 24.8 Å². The van der Waals surface area contributed by atoms with Crippen LogP contribution in [-0.4, -0.2) is 51.9 Å². The molecule has 2 aromatic carbocycles. The summed E-state index contributed by atoms with van der Waals surface area (Å²) < 4.78 is 11.7. The molecule has 3 heterocycles. The van der Waals surface area contributed by atoms with E-state index >= 15 is 0 Å². The van der Waals surface area contributed by atoms with Crippen molar-refractivity contribution >= 4 is 51.7 Å². The lowest BCUT2D eigenvalue weighted by Gasteiger charge is -2.37. The smallest absolute Gasteiger partial charge is 0.407 e. The molecule has 2 bridgehead atoms. The van der Waals surface area contributed by atoms with E-state index in [1.54, 1.807) is 24.1 Å². The predicted octanol–water partition coefficient (Wildman–Crippen LogP) is 6.38. The summed E-state index contributed by atoms with van der Waals surface area (Å²) in [7, 11) is 1.60. The molecule has 2 aliphatic rings. The maximum atomic E-state index is 11.5. The molecule has 2 N–H and O–H groups in total. The van der Waals surface area contributed by atoms with Gasteiger partial charge in [0.25, 0.3) is 0 Å². The first-order chi connectivity index (χ1) is 16.9. The molecular formula is C25H26Cl2N4O4. The van der Waals surface area contributed by atoms with Crippen LogP contribution in [0.3, 0.4) is 0 Å². The Hall–Kier alpha value is -2.97. The van der Waals surface area contributed by atoms with Crippen molar-refractivity contribution in [1.82, 2.24) is 14.9 Å². The Morgan fingerprint density at radius 1 is 1.11 bits per heavy atom. The van der Waals surface area contributed by atoms with Gasteiger partial charge in [-0.2, -0.15) is 0 Å². The van der Waals surface area contributed by atoms with E-state index in [0.717, 1.165) is 43.2 Å². The number of rotatable bonds is 7. The van der Waals surface area contributed by atoms with Crippen LogP contribution in [0.25, 0.3) is 10.9 Å². The molecule has 2 saturated heterocycles. The zero-order chi connectivity index (χ0) is 24.5. The van der Waals surface area contributed by atoms with Gasteiger partial charge in [0.15, 0.2) is 11.5 Å².